The van der Waals surface area contributed by atoms with Crippen LogP contribution < -0.4 is 5.32 Å². The first-order valence-corrected chi connectivity index (χ1v) is 29.9. The fraction of sp³-hybridized carbons (Fsp3) is 0.787. The van der Waals surface area contributed by atoms with E-state index in [1.54, 1.807) is 48.2 Å². The molecule has 0 radical (unpaired) electrons. The van der Waals surface area contributed by atoms with Gasteiger partial charge < -0.3 is 72.9 Å². The minimum absolute atomic E-state index is 0.00541. The Bertz CT molecular complexity index is 2070. The lowest BCUT2D eigenvalue weighted by Gasteiger charge is -2.43. The number of piperidine rings is 1. The molecule has 462 valence electrons. The number of hydrogen-bond acceptors (Lipinski definition) is 18. The molecule has 3 aliphatic heterocycles. The van der Waals surface area contributed by atoms with Crippen LogP contribution in [0.4, 0.5) is 0 Å². The number of ketones is 2. The van der Waals surface area contributed by atoms with Gasteiger partial charge in [-0.2, -0.15) is 0 Å². The number of aliphatic hydroxyl groups excluding tert-OH is 2. The molecule has 4 rings (SSSR count). The Kier molecular flexibility index (Phi) is 31.4. The lowest BCUT2D eigenvalue weighted by molar-refractivity contribution is -0.265. The number of Topliss-reactive ketones (excluding diaryl/α,β-unsaturated/α-hetero) is 2. The standard InChI is InChI=1S/C61H100N2O17S/c1-39-17-13-12-14-18-40(2)51(72-9)37-47-22-20-45(7)61(70,80-47)57(67)58(68)63-25-16-15-19-48(63)59(69)78-52(38-49(64)41(3)34-44(6)55(66)56(74-11)54(65)43(5)33-39)42(4)35-46-21-23-50(53(36-46)73-10)79-60(81)62-24-26-75-29-30-77-32-31-76-28-27-71-8/h12-14,17-18,34,39,41-43,45-53,55-56,64,66,70H,15-16,19-33,35-38H2,1-11H3,(H,62,81)/b14-12+,17-13+,40-18+,44-34+/t39-,41-,42-,43-,45-,46+,47+,48+,49-,50-,51+,52+,53-,55-,56+,61-/m1/s1. The molecule has 0 spiro atoms. The molecule has 1 aliphatic carbocycles. The molecule has 81 heavy (non-hydrogen) atoms. The average molecular weight is 1170 g/mol. The summed E-state index contributed by atoms with van der Waals surface area (Å²) in [6.07, 6.45) is 11.0. The third kappa shape index (κ3) is 22.1. The van der Waals surface area contributed by atoms with Gasteiger partial charge in [-0.3, -0.25) is 14.4 Å². The number of fused-ring (bicyclic) bond motifs is 3. The number of carbonyl (C=O) groups excluding carboxylic acids is 4. The van der Waals surface area contributed by atoms with Crippen LogP contribution in [-0.4, -0.2) is 197 Å². The zero-order chi connectivity index (χ0) is 59.6. The SMILES string of the molecule is COCCOCCOCCOCCNC(=S)O[C@@H]1CC[C@@H](C[C@@H](C)[C@@H]2C[C@@H](O)[C@H](C)/C=C(\C)[C@@H](O)[C@@H](OC)C(=O)[C@H](C)C[C@H](C)/C=C/C=C/C=C(\C)[C@@H](OC)C[C@@H]3CC[C@@H](C)[C@@](O)(O3)C(=O)C(=O)N3CCCC[C@H]3C(=O)O2)C[C@H]1OC. The number of rotatable bonds is 19. The molecule has 0 aromatic heterocycles. The van der Waals surface area contributed by atoms with E-state index in [0.29, 0.717) is 116 Å². The molecule has 2 saturated heterocycles. The second kappa shape index (κ2) is 36.4. The highest BCUT2D eigenvalue weighted by Gasteiger charge is 2.53. The van der Waals surface area contributed by atoms with Crippen molar-refractivity contribution in [3.05, 3.63) is 47.6 Å². The monoisotopic (exact) mass is 1160 g/mol. The Labute approximate surface area is 488 Å². The third-order valence-electron chi connectivity index (χ3n) is 16.6. The summed E-state index contributed by atoms with van der Waals surface area (Å²) in [7, 11) is 6.24. The van der Waals surface area contributed by atoms with Gasteiger partial charge in [0.25, 0.3) is 16.9 Å². The highest BCUT2D eigenvalue weighted by molar-refractivity contribution is 7.80. The number of thiocarbonyl (C=S) groups is 1. The Hall–Kier alpha value is -3.51. The number of cyclic esters (lactones) is 1. The summed E-state index contributed by atoms with van der Waals surface area (Å²) in [5, 5.41) is 39.0. The summed E-state index contributed by atoms with van der Waals surface area (Å²) < 4.78 is 57.9. The van der Waals surface area contributed by atoms with Crippen LogP contribution in [0.3, 0.4) is 0 Å². The highest BCUT2D eigenvalue weighted by atomic mass is 32.1. The summed E-state index contributed by atoms with van der Waals surface area (Å²) in [6, 6.07) is -1.14. The number of esters is 1. The van der Waals surface area contributed by atoms with Crippen molar-refractivity contribution in [2.24, 2.45) is 35.5 Å². The maximum Gasteiger partial charge on any atom is 0.329 e. The van der Waals surface area contributed by atoms with Crippen LogP contribution in [0.15, 0.2) is 47.6 Å². The Morgan fingerprint density at radius 1 is 0.790 bits per heavy atom. The van der Waals surface area contributed by atoms with E-state index < -0.39 is 83.9 Å². The molecule has 4 aliphatic rings. The first kappa shape index (κ1) is 70.0. The second-order valence-corrected chi connectivity index (χ2v) is 23.3. The van der Waals surface area contributed by atoms with Crippen molar-refractivity contribution in [3.63, 3.8) is 0 Å². The average Bonchev–Trinajstić information content (AvgIpc) is 3.56. The van der Waals surface area contributed by atoms with Crippen molar-refractivity contribution in [1.29, 1.82) is 0 Å². The lowest BCUT2D eigenvalue weighted by atomic mass is 9.78. The van der Waals surface area contributed by atoms with Gasteiger partial charge >= 0.3 is 5.97 Å². The number of amides is 1. The van der Waals surface area contributed by atoms with E-state index >= 15 is 0 Å². The van der Waals surface area contributed by atoms with Crippen LogP contribution in [0.1, 0.15) is 126 Å². The molecular weight excluding hydrogens is 1060 g/mol. The van der Waals surface area contributed by atoms with Crippen LogP contribution in [0.5, 0.6) is 0 Å². The van der Waals surface area contributed by atoms with Crippen molar-refractivity contribution in [2.75, 3.05) is 87.8 Å². The van der Waals surface area contributed by atoms with E-state index in [2.05, 4.69) is 5.32 Å². The van der Waals surface area contributed by atoms with Gasteiger partial charge in [0.15, 0.2) is 5.78 Å². The van der Waals surface area contributed by atoms with E-state index in [4.69, 9.17) is 59.6 Å². The maximum atomic E-state index is 14.7. The number of allylic oxidation sites excluding steroid dienone is 5. The fourth-order valence-corrected chi connectivity index (χ4v) is 11.7. The Morgan fingerprint density at radius 2 is 1.48 bits per heavy atom. The zero-order valence-corrected chi connectivity index (χ0v) is 51.2. The van der Waals surface area contributed by atoms with Crippen LogP contribution in [0.2, 0.25) is 0 Å². The fourth-order valence-electron chi connectivity index (χ4n) is 11.5. The van der Waals surface area contributed by atoms with E-state index in [1.165, 1.54) is 12.0 Å². The predicted molar refractivity (Wildman–Crippen MR) is 310 cm³/mol. The molecule has 0 aromatic carbocycles. The minimum Gasteiger partial charge on any atom is -0.465 e. The van der Waals surface area contributed by atoms with Gasteiger partial charge in [-0.1, -0.05) is 71.1 Å². The number of nitrogens with one attached hydrogen (secondary N) is 1. The van der Waals surface area contributed by atoms with E-state index in [0.717, 1.165) is 12.0 Å². The topological polar surface area (TPSA) is 237 Å². The second-order valence-electron chi connectivity index (χ2n) is 22.9. The predicted octanol–water partition coefficient (Wildman–Crippen LogP) is 6.57. The molecule has 16 atom stereocenters. The van der Waals surface area contributed by atoms with Gasteiger partial charge in [-0.15, -0.1) is 0 Å². The van der Waals surface area contributed by atoms with Gasteiger partial charge in [0, 0.05) is 72.1 Å². The summed E-state index contributed by atoms with van der Waals surface area (Å²) in [6.45, 7) is 16.7. The molecule has 2 bridgehead atoms. The zero-order valence-electron chi connectivity index (χ0n) is 50.4. The number of hydrogen-bond donors (Lipinski definition) is 4. The molecule has 3 fully saturated rings. The molecule has 19 nitrogen and oxygen atoms in total. The van der Waals surface area contributed by atoms with Crippen molar-refractivity contribution >= 4 is 40.8 Å². The lowest BCUT2D eigenvalue weighted by Crippen LogP contribution is -2.61. The van der Waals surface area contributed by atoms with Gasteiger partial charge in [0.1, 0.15) is 30.5 Å². The summed E-state index contributed by atoms with van der Waals surface area (Å²) in [5.41, 5.74) is 1.32. The van der Waals surface area contributed by atoms with Crippen molar-refractivity contribution in [1.82, 2.24) is 10.2 Å². The van der Waals surface area contributed by atoms with Crippen LogP contribution >= 0.6 is 12.2 Å². The number of nitrogens with zero attached hydrogens (tertiary/aromatic N) is 1. The summed E-state index contributed by atoms with van der Waals surface area (Å²) in [5.74, 6) is -7.49. The molecule has 3 heterocycles. The summed E-state index contributed by atoms with van der Waals surface area (Å²) in [4.78, 5) is 58.6. The maximum absolute atomic E-state index is 14.7. The largest absolute Gasteiger partial charge is 0.465 e. The Balaban J connectivity index is 1.55. The van der Waals surface area contributed by atoms with E-state index in [-0.39, 0.29) is 60.3 Å². The molecular formula is C61H100N2O17S. The number of methoxy groups -OCH3 is 4. The molecule has 1 saturated carbocycles. The molecule has 0 unspecified atom stereocenters. The highest BCUT2D eigenvalue weighted by Crippen LogP contribution is 2.38. The normalized spacial score (nSPS) is 35.6. The third-order valence-corrected chi connectivity index (χ3v) is 16.8. The van der Waals surface area contributed by atoms with Crippen LogP contribution in [0, 0.1) is 35.5 Å². The van der Waals surface area contributed by atoms with Crippen LogP contribution in [0.25, 0.3) is 0 Å². The first-order chi connectivity index (χ1) is 38.7. The van der Waals surface area contributed by atoms with Crippen molar-refractivity contribution in [2.45, 2.75) is 186 Å². The molecule has 0 aromatic rings. The molecule has 20 heteroatoms. The number of carbonyl (C=O) groups is 4. The number of ether oxygens (including phenoxy) is 10. The molecule has 4 N–H and O–H groups in total. The number of aliphatic hydroxyl groups is 3. The quantitative estimate of drug-likeness (QED) is 0.0352. The smallest absolute Gasteiger partial charge is 0.329 e. The van der Waals surface area contributed by atoms with E-state index in [9.17, 15) is 34.5 Å². The summed E-state index contributed by atoms with van der Waals surface area (Å²) >= 11 is 5.55. The first-order valence-electron chi connectivity index (χ1n) is 29.5. The van der Waals surface area contributed by atoms with Gasteiger partial charge in [0.05, 0.1) is 70.7 Å². The van der Waals surface area contributed by atoms with E-state index in [1.807, 2.05) is 58.1 Å². The van der Waals surface area contributed by atoms with Gasteiger partial charge in [-0.25, -0.2) is 4.79 Å². The van der Waals surface area contributed by atoms with Gasteiger partial charge in [-0.05, 0) is 119 Å². The van der Waals surface area contributed by atoms with Crippen molar-refractivity contribution < 1.29 is 81.9 Å². The molecule has 1 amide bonds. The van der Waals surface area contributed by atoms with Crippen molar-refractivity contribution in [3.8, 4) is 0 Å². The van der Waals surface area contributed by atoms with Crippen LogP contribution in [-0.2, 0) is 66.5 Å². The minimum atomic E-state index is -2.44. The Morgan fingerprint density at radius 3 is 2.15 bits per heavy atom. The van der Waals surface area contributed by atoms with Gasteiger partial charge in [0.2, 0.25) is 5.79 Å².